The molecule has 0 bridgehead atoms. The van der Waals surface area contributed by atoms with Gasteiger partial charge >= 0.3 is 7.12 Å². The number of fused-ring (bicyclic) bond motifs is 20. The van der Waals surface area contributed by atoms with Gasteiger partial charge in [-0.3, -0.25) is 0 Å². The van der Waals surface area contributed by atoms with E-state index in [4.69, 9.17) is 44.2 Å². The first-order chi connectivity index (χ1) is 47.8. The highest BCUT2D eigenvalue weighted by atomic mass is 35.5. The van der Waals surface area contributed by atoms with Crippen molar-refractivity contribution in [3.05, 3.63) is 282 Å². The van der Waals surface area contributed by atoms with Gasteiger partial charge in [0.15, 0.2) is 29.1 Å². The zero-order valence-corrected chi connectivity index (χ0v) is 54.2. The van der Waals surface area contributed by atoms with Crippen LogP contribution in [0.5, 0.6) is 0 Å². The highest BCUT2D eigenvalue weighted by Gasteiger charge is 2.40. The van der Waals surface area contributed by atoms with Gasteiger partial charge in [-0.05, 0) is 129 Å². The second kappa shape index (κ2) is 23.5. The summed E-state index contributed by atoms with van der Waals surface area (Å²) in [5, 5.41) is 27.5. The van der Waals surface area contributed by atoms with E-state index in [2.05, 4.69) is 146 Å². The smallest absolute Gasteiger partial charge is 0.456 e. The van der Waals surface area contributed by atoms with Gasteiger partial charge in [0.05, 0.1) is 0 Å². The van der Waals surface area contributed by atoms with Crippen LogP contribution >= 0.6 is 11.6 Å². The molecule has 0 spiro atoms. The first-order valence-corrected chi connectivity index (χ1v) is 32.8. The molecule has 2 N–H and O–H groups in total. The SMILES string of the molecule is C.CC1(C)c2ccccc2-c2ccc3c(oc4cc(-c5nc(-c6ccccc6)nc(-c6ccc7oc8ccccc8c7c6)n5)ccc43)c21.CC1(C)c2ccccc2-c2ccc3c(oc4cc(B(O)O)ccc43)c21.Clc1nc(-c2ccccc2)nc(-c2ccc3oc4ccccc4c3c2)n1. The van der Waals surface area contributed by atoms with Crippen LogP contribution in [0.3, 0.4) is 0 Å². The molecular weight excluding hydrogens is 1250 g/mol. The minimum atomic E-state index is -1.50. The average Bonchev–Trinajstić information content (AvgIpc) is 1.56. The fraction of sp³-hybridized carbons (Fsp3) is 0.0824. The molecule has 6 aromatic heterocycles. The van der Waals surface area contributed by atoms with Gasteiger partial charge in [-0.1, -0.05) is 211 Å². The molecule has 6 heterocycles. The van der Waals surface area contributed by atoms with E-state index in [0.717, 1.165) is 110 Å². The van der Waals surface area contributed by atoms with Crippen molar-refractivity contribution in [1.82, 2.24) is 29.9 Å². The highest BCUT2D eigenvalue weighted by molar-refractivity contribution is 6.59. The van der Waals surface area contributed by atoms with Gasteiger partial charge in [0.25, 0.3) is 0 Å². The molecule has 0 saturated carbocycles. The number of hydrogen-bond acceptors (Lipinski definition) is 12. The van der Waals surface area contributed by atoms with E-state index >= 15 is 0 Å². The number of nitrogens with zero attached hydrogens (tertiary/aromatic N) is 6. The Hall–Kier alpha value is -11.9. The Kier molecular flexibility index (Phi) is 14.4. The predicted molar refractivity (Wildman–Crippen MR) is 399 cm³/mol. The topological polar surface area (TPSA) is 170 Å². The Morgan fingerprint density at radius 2 is 0.667 bits per heavy atom. The van der Waals surface area contributed by atoms with Crippen molar-refractivity contribution >= 4 is 112 Å². The summed E-state index contributed by atoms with van der Waals surface area (Å²) < 4.78 is 25.0. The molecule has 0 fully saturated rings. The van der Waals surface area contributed by atoms with E-state index < -0.39 is 7.12 Å². The summed E-state index contributed by atoms with van der Waals surface area (Å²) >= 11 is 6.16. The first-order valence-electron chi connectivity index (χ1n) is 32.5. The van der Waals surface area contributed by atoms with Gasteiger partial charge in [-0.15, -0.1) is 0 Å². The number of halogens is 1. The van der Waals surface area contributed by atoms with Crippen LogP contribution in [0.4, 0.5) is 0 Å². The minimum absolute atomic E-state index is 0. The minimum Gasteiger partial charge on any atom is -0.456 e. The van der Waals surface area contributed by atoms with Gasteiger partial charge in [0.2, 0.25) is 5.28 Å². The fourth-order valence-electron chi connectivity index (χ4n) is 14.8. The number of benzene rings is 12. The van der Waals surface area contributed by atoms with Crippen LogP contribution in [0.15, 0.2) is 272 Å². The zero-order chi connectivity index (χ0) is 66.1. The summed E-state index contributed by atoms with van der Waals surface area (Å²) in [6.45, 7) is 9.04. The molecule has 0 atom stereocenters. The molecule has 2 aliphatic carbocycles. The van der Waals surface area contributed by atoms with Crippen molar-refractivity contribution in [2.45, 2.75) is 46.0 Å². The van der Waals surface area contributed by atoms with Gasteiger partial charge in [-0.25, -0.2) is 19.9 Å². The zero-order valence-electron chi connectivity index (χ0n) is 53.4. The van der Waals surface area contributed by atoms with E-state index in [1.807, 2.05) is 140 Å². The monoisotopic (exact) mass is 1310 g/mol. The Balaban J connectivity index is 0.000000120. The lowest BCUT2D eigenvalue weighted by Crippen LogP contribution is -2.29. The summed E-state index contributed by atoms with van der Waals surface area (Å²) in [5.74, 6) is 2.90. The summed E-state index contributed by atoms with van der Waals surface area (Å²) in [6.07, 6.45) is 0. The van der Waals surface area contributed by atoms with Crippen molar-refractivity contribution < 1.29 is 27.7 Å². The number of furan rings is 4. The Morgan fingerprint density at radius 1 is 0.303 bits per heavy atom. The average molecular weight is 1310 g/mol. The van der Waals surface area contributed by atoms with E-state index in [0.29, 0.717) is 40.2 Å². The predicted octanol–water partition coefficient (Wildman–Crippen LogP) is 20.9. The summed E-state index contributed by atoms with van der Waals surface area (Å²) in [5.41, 5.74) is 21.4. The third-order valence-corrected chi connectivity index (χ3v) is 19.6. The Labute approximate surface area is 573 Å². The van der Waals surface area contributed by atoms with E-state index in [9.17, 15) is 10.0 Å². The molecule has 476 valence electrons. The van der Waals surface area contributed by atoms with Crippen molar-refractivity contribution in [2.75, 3.05) is 0 Å². The largest absolute Gasteiger partial charge is 0.488 e. The van der Waals surface area contributed by atoms with Gasteiger partial charge < -0.3 is 27.7 Å². The maximum absolute atomic E-state index is 9.43. The lowest BCUT2D eigenvalue weighted by Gasteiger charge is -2.21. The summed E-state index contributed by atoms with van der Waals surface area (Å²) in [7, 11) is -1.50. The van der Waals surface area contributed by atoms with Gasteiger partial charge in [-0.2, -0.15) is 9.97 Å². The molecule has 0 amide bonds. The molecule has 2 aliphatic rings. The molecule has 0 unspecified atom stereocenters. The number of para-hydroxylation sites is 2. The molecular formula is C85H60BClN6O6. The van der Waals surface area contributed by atoms with Crippen molar-refractivity contribution in [1.29, 1.82) is 0 Å². The van der Waals surface area contributed by atoms with Crippen LogP contribution in [0.1, 0.15) is 57.4 Å². The summed E-state index contributed by atoms with van der Waals surface area (Å²) in [4.78, 5) is 28.2. The normalized spacial score (nSPS) is 13.1. The number of rotatable bonds is 6. The maximum atomic E-state index is 9.43. The Morgan fingerprint density at radius 3 is 1.16 bits per heavy atom. The van der Waals surface area contributed by atoms with Crippen LogP contribution in [-0.2, 0) is 10.8 Å². The van der Waals surface area contributed by atoms with Crippen molar-refractivity contribution in [3.63, 3.8) is 0 Å². The first kappa shape index (κ1) is 60.8. The molecule has 14 heteroatoms. The van der Waals surface area contributed by atoms with Crippen LogP contribution in [0, 0.1) is 0 Å². The lowest BCUT2D eigenvalue weighted by atomic mass is 9.80. The van der Waals surface area contributed by atoms with Gasteiger partial charge in [0, 0.05) is 92.9 Å². The lowest BCUT2D eigenvalue weighted by molar-refractivity contribution is 0.425. The number of aromatic nitrogens is 6. The van der Waals surface area contributed by atoms with Crippen LogP contribution < -0.4 is 5.46 Å². The Bertz CT molecular complexity index is 6280. The maximum Gasteiger partial charge on any atom is 0.488 e. The molecule has 20 rings (SSSR count). The molecule has 12 aromatic carbocycles. The van der Waals surface area contributed by atoms with E-state index in [-0.39, 0.29) is 23.5 Å². The third kappa shape index (κ3) is 10.1. The fourth-order valence-corrected chi connectivity index (χ4v) is 14.9. The molecule has 99 heavy (non-hydrogen) atoms. The quantitative estimate of drug-likeness (QED) is 0.151. The summed E-state index contributed by atoms with van der Waals surface area (Å²) in [6, 6.07) is 85.4. The standard InChI is InChI=1S/C42H27N3O2.C21H17BO3.C21H12ClN3O.CH4/c1-42(2)33-14-8-6-12-27(33)30-19-20-31-29-18-16-26(23-36(29)47-38(31)37(30)42)41-44-39(24-10-4-3-5-11-24)43-40(45-41)25-17-21-35-32(22-25)28-13-7-9-15-34(28)46-35;1-21(2)17-6-4-3-5-13(17)15-9-10-16-14-8-7-12(22(23)24)11-18(14)25-20(16)19(15)21;22-21-24-19(13-6-2-1-3-7-13)23-20(25-21)14-10-11-18-16(12-14)15-8-4-5-9-17(15)26-18;/h3-23H,1-2H3;3-11,23-24H,1-2H3;1-12H;1H4. The molecule has 0 radical (unpaired) electrons. The third-order valence-electron chi connectivity index (χ3n) is 19.5. The van der Waals surface area contributed by atoms with E-state index in [1.54, 1.807) is 12.1 Å². The highest BCUT2D eigenvalue weighted by Crippen LogP contribution is 2.54. The molecule has 0 aliphatic heterocycles. The molecule has 12 nitrogen and oxygen atoms in total. The van der Waals surface area contributed by atoms with Gasteiger partial charge in [0.1, 0.15) is 44.7 Å². The second-order valence-electron chi connectivity index (χ2n) is 26.0. The second-order valence-corrected chi connectivity index (χ2v) is 26.4. The van der Waals surface area contributed by atoms with Crippen LogP contribution in [0.2, 0.25) is 5.28 Å². The van der Waals surface area contributed by atoms with Crippen LogP contribution in [-0.4, -0.2) is 47.1 Å². The van der Waals surface area contributed by atoms with Crippen molar-refractivity contribution in [3.8, 4) is 79.2 Å². The van der Waals surface area contributed by atoms with Crippen molar-refractivity contribution in [2.24, 2.45) is 0 Å². The van der Waals surface area contributed by atoms with Crippen LogP contribution in [0.25, 0.3) is 167 Å². The molecule has 0 saturated heterocycles. The molecule has 18 aromatic rings. The van der Waals surface area contributed by atoms with E-state index in [1.165, 1.54) is 44.5 Å². The number of hydrogen-bond donors (Lipinski definition) is 2.